The first-order chi connectivity index (χ1) is 10.9. The van der Waals surface area contributed by atoms with Crippen LogP contribution in [0.3, 0.4) is 0 Å². The lowest BCUT2D eigenvalue weighted by Gasteiger charge is -2.38. The van der Waals surface area contributed by atoms with Gasteiger partial charge in [0.15, 0.2) is 6.10 Å². The van der Waals surface area contributed by atoms with E-state index >= 15 is 0 Å². The van der Waals surface area contributed by atoms with Crippen LogP contribution in [0.2, 0.25) is 0 Å². The Hall–Kier alpha value is -1.75. The molecule has 5 unspecified atom stereocenters. The lowest BCUT2D eigenvalue weighted by atomic mass is 9.88. The van der Waals surface area contributed by atoms with Crippen LogP contribution in [0.1, 0.15) is 34.6 Å². The van der Waals surface area contributed by atoms with E-state index in [2.05, 4.69) is 5.32 Å². The number of Topliss-reactive ketones (excluding diaryl/α,β-unsaturated/α-hetero) is 1. The van der Waals surface area contributed by atoms with Crippen molar-refractivity contribution in [2.75, 3.05) is 6.54 Å². The van der Waals surface area contributed by atoms with Gasteiger partial charge in [0.2, 0.25) is 6.29 Å². The summed E-state index contributed by atoms with van der Waals surface area (Å²) >= 11 is 0. The molecule has 0 spiro atoms. The SMILES string of the molecule is C.CC(=O)CC(C)(C)CNC(=O)OC1OC(C(=O)O)C(O)C(O)C1O. The molecule has 10 nitrogen and oxygen atoms in total. The molecular formula is C15H27NO9. The van der Waals surface area contributed by atoms with E-state index in [1.807, 2.05) is 0 Å². The van der Waals surface area contributed by atoms with E-state index in [1.54, 1.807) is 13.8 Å². The topological polar surface area (TPSA) is 163 Å². The Bertz CT molecular complexity index is 493. The Balaban J connectivity index is 0.00000576. The highest BCUT2D eigenvalue weighted by atomic mass is 16.7. The second-order valence-corrected chi connectivity index (χ2v) is 6.54. The maximum absolute atomic E-state index is 11.8. The summed E-state index contributed by atoms with van der Waals surface area (Å²) in [6.45, 7) is 5.01. The first-order valence-corrected chi connectivity index (χ1v) is 7.31. The van der Waals surface area contributed by atoms with E-state index in [4.69, 9.17) is 14.6 Å². The summed E-state index contributed by atoms with van der Waals surface area (Å²) in [4.78, 5) is 33.8. The van der Waals surface area contributed by atoms with Gasteiger partial charge in [0.05, 0.1) is 0 Å². The molecule has 0 aliphatic carbocycles. The molecule has 1 aliphatic rings. The predicted octanol–water partition coefficient (Wildman–Crippen LogP) is -0.754. The highest BCUT2D eigenvalue weighted by molar-refractivity contribution is 5.76. The molecule has 0 bridgehead atoms. The average Bonchev–Trinajstić information content (AvgIpc) is 2.44. The Labute approximate surface area is 145 Å². The fraction of sp³-hybridized carbons (Fsp3) is 0.800. The average molecular weight is 365 g/mol. The molecule has 25 heavy (non-hydrogen) atoms. The zero-order valence-corrected chi connectivity index (χ0v) is 13.6. The van der Waals surface area contributed by atoms with E-state index in [9.17, 15) is 29.7 Å². The molecule has 1 aliphatic heterocycles. The molecule has 1 rings (SSSR count). The van der Waals surface area contributed by atoms with Crippen LogP contribution < -0.4 is 5.32 Å². The molecule has 146 valence electrons. The Morgan fingerprint density at radius 1 is 1.12 bits per heavy atom. The molecule has 5 atom stereocenters. The van der Waals surface area contributed by atoms with Crippen LogP contribution in [-0.4, -0.2) is 75.5 Å². The molecule has 1 fully saturated rings. The molecule has 0 saturated carbocycles. The van der Waals surface area contributed by atoms with Crippen molar-refractivity contribution in [2.24, 2.45) is 5.41 Å². The number of nitrogens with one attached hydrogen (secondary N) is 1. The summed E-state index contributed by atoms with van der Waals surface area (Å²) in [5.74, 6) is -1.63. The first-order valence-electron chi connectivity index (χ1n) is 7.31. The zero-order chi connectivity index (χ0) is 18.7. The first kappa shape index (κ1) is 23.2. The van der Waals surface area contributed by atoms with Crippen LogP contribution in [0, 0.1) is 5.41 Å². The Morgan fingerprint density at radius 2 is 1.68 bits per heavy atom. The van der Waals surface area contributed by atoms with Crippen molar-refractivity contribution in [3.8, 4) is 0 Å². The quantitative estimate of drug-likeness (QED) is 0.407. The Morgan fingerprint density at radius 3 is 2.16 bits per heavy atom. The number of carbonyl (C=O) groups excluding carboxylic acids is 2. The number of ketones is 1. The number of hydrogen-bond acceptors (Lipinski definition) is 8. The predicted molar refractivity (Wildman–Crippen MR) is 84.6 cm³/mol. The number of carboxylic acids is 1. The normalized spacial score (nSPS) is 29.3. The summed E-state index contributed by atoms with van der Waals surface area (Å²) in [5, 5.41) is 40.1. The van der Waals surface area contributed by atoms with Crippen molar-refractivity contribution < 1.29 is 44.3 Å². The standard InChI is InChI=1S/C14H23NO9.CH4/c1-6(16)4-14(2,3)5-15-13(22)24-12-9(19)7(17)8(18)10(23-12)11(20)21;/h7-10,12,17-19H,4-5H2,1-3H3,(H,15,22)(H,20,21);1H4. The maximum atomic E-state index is 11.8. The molecule has 1 amide bonds. The van der Waals surface area contributed by atoms with Crippen LogP contribution in [0.15, 0.2) is 0 Å². The van der Waals surface area contributed by atoms with E-state index in [-0.39, 0.29) is 26.2 Å². The van der Waals surface area contributed by atoms with Gasteiger partial charge in [0, 0.05) is 13.0 Å². The Kier molecular flexibility index (Phi) is 8.45. The molecule has 0 aromatic rings. The number of aliphatic hydroxyl groups is 3. The number of carbonyl (C=O) groups is 3. The van der Waals surface area contributed by atoms with Crippen molar-refractivity contribution in [1.29, 1.82) is 0 Å². The van der Waals surface area contributed by atoms with Crippen LogP contribution >= 0.6 is 0 Å². The van der Waals surface area contributed by atoms with E-state index in [0.717, 1.165) is 0 Å². The summed E-state index contributed by atoms with van der Waals surface area (Å²) in [6.07, 6.45) is -9.95. The van der Waals surface area contributed by atoms with Gasteiger partial charge in [-0.25, -0.2) is 9.59 Å². The van der Waals surface area contributed by atoms with Crippen molar-refractivity contribution in [2.45, 2.75) is 65.3 Å². The lowest BCUT2D eigenvalue weighted by Crippen LogP contribution is -2.61. The highest BCUT2D eigenvalue weighted by Crippen LogP contribution is 2.23. The van der Waals surface area contributed by atoms with Gasteiger partial charge in [-0.1, -0.05) is 21.3 Å². The molecule has 10 heteroatoms. The minimum atomic E-state index is -1.87. The highest BCUT2D eigenvalue weighted by Gasteiger charge is 2.48. The minimum Gasteiger partial charge on any atom is -0.479 e. The molecular weight excluding hydrogens is 338 g/mol. The van der Waals surface area contributed by atoms with Crippen molar-refractivity contribution in [3.63, 3.8) is 0 Å². The number of alkyl carbamates (subject to hydrolysis) is 1. The van der Waals surface area contributed by atoms with Gasteiger partial charge in [0.1, 0.15) is 24.1 Å². The lowest BCUT2D eigenvalue weighted by molar-refractivity contribution is -0.278. The van der Waals surface area contributed by atoms with Crippen molar-refractivity contribution in [1.82, 2.24) is 5.32 Å². The van der Waals surface area contributed by atoms with Gasteiger partial charge in [-0.15, -0.1) is 0 Å². The van der Waals surface area contributed by atoms with Crippen molar-refractivity contribution >= 4 is 17.8 Å². The van der Waals surface area contributed by atoms with Crippen LogP contribution in [0.4, 0.5) is 4.79 Å². The van der Waals surface area contributed by atoms with Crippen LogP contribution in [0.25, 0.3) is 0 Å². The fourth-order valence-electron chi connectivity index (χ4n) is 2.34. The summed E-state index contributed by atoms with van der Waals surface area (Å²) in [7, 11) is 0. The van der Waals surface area contributed by atoms with Gasteiger partial charge in [-0.2, -0.15) is 0 Å². The number of carboxylic acid groups (broad SMARTS) is 1. The van der Waals surface area contributed by atoms with Gasteiger partial charge in [-0.05, 0) is 12.3 Å². The summed E-state index contributed by atoms with van der Waals surface area (Å²) in [5.41, 5.74) is -0.532. The van der Waals surface area contributed by atoms with Crippen molar-refractivity contribution in [3.05, 3.63) is 0 Å². The number of aliphatic hydroxyl groups excluding tert-OH is 3. The van der Waals surface area contributed by atoms with E-state index in [0.29, 0.717) is 0 Å². The zero-order valence-electron chi connectivity index (χ0n) is 13.6. The fourth-order valence-corrected chi connectivity index (χ4v) is 2.34. The number of amides is 1. The maximum Gasteiger partial charge on any atom is 0.409 e. The molecule has 1 heterocycles. The van der Waals surface area contributed by atoms with E-state index in [1.165, 1.54) is 6.92 Å². The smallest absolute Gasteiger partial charge is 0.409 e. The largest absolute Gasteiger partial charge is 0.479 e. The number of aliphatic carboxylic acids is 1. The minimum absolute atomic E-state index is 0. The summed E-state index contributed by atoms with van der Waals surface area (Å²) in [6, 6.07) is 0. The second-order valence-electron chi connectivity index (χ2n) is 6.54. The molecule has 0 radical (unpaired) electrons. The number of rotatable bonds is 6. The number of hydrogen-bond donors (Lipinski definition) is 5. The molecule has 5 N–H and O–H groups in total. The molecule has 0 aromatic carbocycles. The van der Waals surface area contributed by atoms with Gasteiger partial charge < -0.3 is 40.0 Å². The van der Waals surface area contributed by atoms with E-state index < -0.39 is 48.2 Å². The van der Waals surface area contributed by atoms with Gasteiger partial charge in [0.25, 0.3) is 0 Å². The third-order valence-electron chi connectivity index (χ3n) is 3.47. The third-order valence-corrected chi connectivity index (χ3v) is 3.47. The van der Waals surface area contributed by atoms with Gasteiger partial charge >= 0.3 is 12.1 Å². The molecule has 0 aromatic heterocycles. The van der Waals surface area contributed by atoms with Crippen LogP contribution in [0.5, 0.6) is 0 Å². The summed E-state index contributed by atoms with van der Waals surface area (Å²) < 4.78 is 9.57. The van der Waals surface area contributed by atoms with Gasteiger partial charge in [-0.3, -0.25) is 0 Å². The van der Waals surface area contributed by atoms with Crippen LogP contribution in [-0.2, 0) is 19.1 Å². The third kappa shape index (κ3) is 6.58. The monoisotopic (exact) mass is 365 g/mol. The second kappa shape index (κ2) is 9.09. The number of ether oxygens (including phenoxy) is 2. The molecule has 1 saturated heterocycles.